The molecule has 0 amide bonds. The molecule has 20 heavy (non-hydrogen) atoms. The maximum atomic E-state index is 13.0. The summed E-state index contributed by atoms with van der Waals surface area (Å²) in [4.78, 5) is 4.57. The molecule has 1 aromatic carbocycles. The standard InChI is InChI=1S/C15H22ClFN2O/c1-18-5-6-19(2)13(10-18)9-14(20)7-11-3-4-12(17)8-15(11)16/h3-4,8,13-14,20H,5-7,9-10H2,1-2H3. The summed E-state index contributed by atoms with van der Waals surface area (Å²) >= 11 is 6.00. The van der Waals surface area contributed by atoms with Crippen LogP contribution in [-0.2, 0) is 6.42 Å². The summed E-state index contributed by atoms with van der Waals surface area (Å²) in [5.74, 6) is -0.345. The molecule has 3 nitrogen and oxygen atoms in total. The van der Waals surface area contributed by atoms with Crippen molar-refractivity contribution in [3.63, 3.8) is 0 Å². The average molecular weight is 301 g/mol. The Morgan fingerprint density at radius 2 is 2.15 bits per heavy atom. The van der Waals surface area contributed by atoms with E-state index in [1.165, 1.54) is 12.1 Å². The van der Waals surface area contributed by atoms with E-state index < -0.39 is 6.10 Å². The van der Waals surface area contributed by atoms with Crippen LogP contribution in [0, 0.1) is 5.82 Å². The van der Waals surface area contributed by atoms with Gasteiger partial charge in [-0.05, 0) is 44.6 Å². The highest BCUT2D eigenvalue weighted by atomic mass is 35.5. The minimum atomic E-state index is -0.461. The molecule has 1 aliphatic heterocycles. The minimum Gasteiger partial charge on any atom is -0.393 e. The number of nitrogens with zero attached hydrogens (tertiary/aromatic N) is 2. The normalized spacial score (nSPS) is 22.9. The SMILES string of the molecule is CN1CCN(C)C(CC(O)Cc2ccc(F)cc2Cl)C1. The van der Waals surface area contributed by atoms with Gasteiger partial charge >= 0.3 is 0 Å². The molecule has 0 aromatic heterocycles. The molecule has 1 aromatic rings. The molecule has 1 saturated heterocycles. The lowest BCUT2D eigenvalue weighted by molar-refractivity contribution is 0.0639. The summed E-state index contributed by atoms with van der Waals surface area (Å²) in [7, 11) is 4.19. The maximum Gasteiger partial charge on any atom is 0.124 e. The molecule has 5 heteroatoms. The molecule has 0 bridgehead atoms. The van der Waals surface area contributed by atoms with Crippen molar-refractivity contribution in [1.29, 1.82) is 0 Å². The van der Waals surface area contributed by atoms with E-state index in [-0.39, 0.29) is 5.82 Å². The first-order valence-corrected chi connectivity index (χ1v) is 7.34. The van der Waals surface area contributed by atoms with Gasteiger partial charge in [0, 0.05) is 30.7 Å². The van der Waals surface area contributed by atoms with Gasteiger partial charge in [0.1, 0.15) is 5.82 Å². The Morgan fingerprint density at radius 3 is 2.85 bits per heavy atom. The summed E-state index contributed by atoms with van der Waals surface area (Å²) in [5, 5.41) is 10.6. The zero-order valence-corrected chi connectivity index (χ0v) is 12.8. The third-order valence-electron chi connectivity index (χ3n) is 3.99. The molecule has 0 radical (unpaired) electrons. The van der Waals surface area contributed by atoms with Crippen LogP contribution in [0.2, 0.25) is 5.02 Å². The van der Waals surface area contributed by atoms with E-state index in [4.69, 9.17) is 11.6 Å². The van der Waals surface area contributed by atoms with Gasteiger partial charge in [-0.15, -0.1) is 0 Å². The van der Waals surface area contributed by atoms with Crippen molar-refractivity contribution in [3.8, 4) is 0 Å². The smallest absolute Gasteiger partial charge is 0.124 e. The lowest BCUT2D eigenvalue weighted by atomic mass is 9.99. The number of hydrogen-bond acceptors (Lipinski definition) is 3. The molecule has 1 N–H and O–H groups in total. The molecule has 112 valence electrons. The van der Waals surface area contributed by atoms with Crippen molar-refractivity contribution in [1.82, 2.24) is 9.80 Å². The molecule has 0 spiro atoms. The third kappa shape index (κ3) is 4.16. The average Bonchev–Trinajstić information content (AvgIpc) is 2.37. The van der Waals surface area contributed by atoms with Gasteiger partial charge in [0.05, 0.1) is 6.10 Å². The second kappa shape index (κ2) is 6.85. The van der Waals surface area contributed by atoms with Crippen LogP contribution in [0.3, 0.4) is 0 Å². The number of rotatable bonds is 4. The van der Waals surface area contributed by atoms with Crippen molar-refractivity contribution in [3.05, 3.63) is 34.6 Å². The minimum absolute atomic E-state index is 0.345. The Hall–Kier alpha value is -0.680. The van der Waals surface area contributed by atoms with Gasteiger partial charge in [0.2, 0.25) is 0 Å². The number of benzene rings is 1. The van der Waals surface area contributed by atoms with E-state index in [0.717, 1.165) is 25.2 Å². The van der Waals surface area contributed by atoms with Crippen molar-refractivity contribution in [2.24, 2.45) is 0 Å². The molecule has 0 saturated carbocycles. The van der Waals surface area contributed by atoms with Crippen molar-refractivity contribution in [2.75, 3.05) is 33.7 Å². The zero-order chi connectivity index (χ0) is 14.7. The number of likely N-dealkylation sites (N-methyl/N-ethyl adjacent to an activating group) is 2. The Bertz CT molecular complexity index is 457. The van der Waals surface area contributed by atoms with Crippen molar-refractivity contribution in [2.45, 2.75) is 25.0 Å². The monoisotopic (exact) mass is 300 g/mol. The summed E-state index contributed by atoms with van der Waals surface area (Å²) in [5.41, 5.74) is 0.799. The molecule has 2 atom stereocenters. The topological polar surface area (TPSA) is 26.7 Å². The molecular formula is C15H22ClFN2O. The second-order valence-electron chi connectivity index (χ2n) is 5.73. The first-order chi connectivity index (χ1) is 9.45. The van der Waals surface area contributed by atoms with Crippen LogP contribution in [0.15, 0.2) is 18.2 Å². The summed E-state index contributed by atoms with van der Waals surface area (Å²) in [6.45, 7) is 3.04. The van der Waals surface area contributed by atoms with E-state index in [1.54, 1.807) is 6.07 Å². The van der Waals surface area contributed by atoms with Gasteiger partial charge in [-0.3, -0.25) is 0 Å². The van der Waals surface area contributed by atoms with Crippen LogP contribution >= 0.6 is 11.6 Å². The molecule has 1 fully saturated rings. The summed E-state index contributed by atoms with van der Waals surface area (Å²) < 4.78 is 13.0. The molecular weight excluding hydrogens is 279 g/mol. The lowest BCUT2D eigenvalue weighted by Crippen LogP contribution is -2.51. The van der Waals surface area contributed by atoms with Gasteiger partial charge in [-0.1, -0.05) is 17.7 Å². The molecule has 2 unspecified atom stereocenters. The number of halogens is 2. The van der Waals surface area contributed by atoms with Crippen LogP contribution < -0.4 is 0 Å². The third-order valence-corrected chi connectivity index (χ3v) is 4.35. The fourth-order valence-electron chi connectivity index (χ4n) is 2.69. The van der Waals surface area contributed by atoms with Crippen LogP contribution in [0.5, 0.6) is 0 Å². The van der Waals surface area contributed by atoms with E-state index in [2.05, 4.69) is 23.9 Å². The van der Waals surface area contributed by atoms with Gasteiger partial charge in [-0.25, -0.2) is 4.39 Å². The Balaban J connectivity index is 1.93. The zero-order valence-electron chi connectivity index (χ0n) is 12.0. The molecule has 1 heterocycles. The molecule has 1 aliphatic rings. The van der Waals surface area contributed by atoms with Crippen LogP contribution in [0.1, 0.15) is 12.0 Å². The predicted octanol–water partition coefficient (Wildman–Crippen LogP) is 2.02. The second-order valence-corrected chi connectivity index (χ2v) is 6.13. The first-order valence-electron chi connectivity index (χ1n) is 6.96. The van der Waals surface area contributed by atoms with Gasteiger partial charge < -0.3 is 14.9 Å². The molecule has 0 aliphatic carbocycles. The highest BCUT2D eigenvalue weighted by Crippen LogP contribution is 2.21. The van der Waals surface area contributed by atoms with E-state index in [1.807, 2.05) is 0 Å². The fourth-order valence-corrected chi connectivity index (χ4v) is 2.94. The van der Waals surface area contributed by atoms with Crippen LogP contribution in [0.25, 0.3) is 0 Å². The maximum absolute atomic E-state index is 13.0. The first kappa shape index (κ1) is 15.7. The van der Waals surface area contributed by atoms with Gasteiger partial charge in [0.25, 0.3) is 0 Å². The predicted molar refractivity (Wildman–Crippen MR) is 79.7 cm³/mol. The Labute approximate surface area is 124 Å². The summed E-state index contributed by atoms with van der Waals surface area (Å²) in [6, 6.07) is 4.68. The van der Waals surface area contributed by atoms with Gasteiger partial charge in [0.15, 0.2) is 0 Å². The van der Waals surface area contributed by atoms with Crippen molar-refractivity contribution >= 4 is 11.6 Å². The fraction of sp³-hybridized carbons (Fsp3) is 0.600. The van der Waals surface area contributed by atoms with Crippen LogP contribution in [0.4, 0.5) is 4.39 Å². The highest BCUT2D eigenvalue weighted by molar-refractivity contribution is 6.31. The number of aliphatic hydroxyl groups excluding tert-OH is 1. The molecule has 2 rings (SSSR count). The summed E-state index contributed by atoms with van der Waals surface area (Å²) in [6.07, 6.45) is 0.707. The van der Waals surface area contributed by atoms with Gasteiger partial charge in [-0.2, -0.15) is 0 Å². The number of aliphatic hydroxyl groups is 1. The van der Waals surface area contributed by atoms with E-state index >= 15 is 0 Å². The van der Waals surface area contributed by atoms with Crippen molar-refractivity contribution < 1.29 is 9.50 Å². The largest absolute Gasteiger partial charge is 0.393 e. The quantitative estimate of drug-likeness (QED) is 0.921. The Morgan fingerprint density at radius 1 is 1.40 bits per heavy atom. The highest BCUT2D eigenvalue weighted by Gasteiger charge is 2.24. The Kier molecular flexibility index (Phi) is 5.38. The number of piperazine rings is 1. The van der Waals surface area contributed by atoms with Crippen LogP contribution in [-0.4, -0.2) is 60.8 Å². The van der Waals surface area contributed by atoms with E-state index in [9.17, 15) is 9.50 Å². The van der Waals surface area contributed by atoms with E-state index in [0.29, 0.717) is 23.9 Å². The lowest BCUT2D eigenvalue weighted by Gasteiger charge is -2.38. The number of hydrogen-bond donors (Lipinski definition) is 1.